The van der Waals surface area contributed by atoms with Gasteiger partial charge in [-0.1, -0.05) is 18.2 Å². The molecule has 2 aromatic carbocycles. The predicted molar refractivity (Wildman–Crippen MR) is 123 cm³/mol. The molecule has 2 heterocycles. The van der Waals surface area contributed by atoms with Gasteiger partial charge in [0.2, 0.25) is 5.95 Å². The molecule has 0 bridgehead atoms. The van der Waals surface area contributed by atoms with E-state index in [1.54, 1.807) is 6.07 Å². The number of aromatic nitrogens is 2. The van der Waals surface area contributed by atoms with Gasteiger partial charge in [0.1, 0.15) is 29.8 Å². The first kappa shape index (κ1) is 19.8. The van der Waals surface area contributed by atoms with Crippen molar-refractivity contribution in [3.63, 3.8) is 0 Å². The molecule has 0 saturated carbocycles. The van der Waals surface area contributed by atoms with E-state index in [0.29, 0.717) is 24.1 Å². The minimum atomic E-state index is -0.620. The second-order valence-corrected chi connectivity index (χ2v) is 7.65. The van der Waals surface area contributed by atoms with Crippen LogP contribution < -0.4 is 26.4 Å². The number of hydrogen-bond donors (Lipinski definition) is 5. The summed E-state index contributed by atoms with van der Waals surface area (Å²) in [5.41, 5.74) is 10.4. The van der Waals surface area contributed by atoms with E-state index in [4.69, 9.17) is 10.5 Å². The second kappa shape index (κ2) is 8.20. The van der Waals surface area contributed by atoms with E-state index in [9.17, 15) is 9.90 Å². The highest BCUT2D eigenvalue weighted by Gasteiger charge is 2.16. The molecule has 162 valence electrons. The zero-order valence-electron chi connectivity index (χ0n) is 17.1. The number of primary amides is 1. The first-order valence-electron chi connectivity index (χ1n) is 10.2. The topological polar surface area (TPSA) is 134 Å². The van der Waals surface area contributed by atoms with Gasteiger partial charge in [-0.3, -0.25) is 4.79 Å². The molecule has 0 saturated heterocycles. The molecule has 9 nitrogen and oxygen atoms in total. The summed E-state index contributed by atoms with van der Waals surface area (Å²) >= 11 is 0. The first-order chi connectivity index (χ1) is 15.5. The van der Waals surface area contributed by atoms with Gasteiger partial charge in [-0.05, 0) is 47.9 Å². The molecule has 1 aliphatic carbocycles. The number of carbonyl (C=O) groups is 1. The number of ether oxygens (including phenoxy) is 1. The maximum Gasteiger partial charge on any atom is 0.254 e. The lowest BCUT2D eigenvalue weighted by Gasteiger charge is -2.13. The van der Waals surface area contributed by atoms with Gasteiger partial charge in [0.25, 0.3) is 5.91 Å². The Morgan fingerprint density at radius 1 is 1.19 bits per heavy atom. The summed E-state index contributed by atoms with van der Waals surface area (Å²) in [4.78, 5) is 20.6. The summed E-state index contributed by atoms with van der Waals surface area (Å²) in [6, 6.07) is 11.5. The fourth-order valence-electron chi connectivity index (χ4n) is 3.65. The fourth-order valence-corrected chi connectivity index (χ4v) is 3.65. The lowest BCUT2D eigenvalue weighted by molar-refractivity contribution is 0.100. The molecule has 1 aromatic heterocycles. The van der Waals surface area contributed by atoms with E-state index in [-0.39, 0.29) is 12.2 Å². The number of benzene rings is 2. The van der Waals surface area contributed by atoms with Crippen LogP contribution in [0.5, 0.6) is 5.75 Å². The van der Waals surface area contributed by atoms with Crippen LogP contribution in [0.3, 0.4) is 0 Å². The largest absolute Gasteiger partial charge is 0.489 e. The van der Waals surface area contributed by atoms with Crippen molar-refractivity contribution in [3.05, 3.63) is 65.4 Å². The number of nitrogens with zero attached hydrogens (tertiary/aromatic N) is 2. The number of fused-ring (bicyclic) bond motifs is 2. The Morgan fingerprint density at radius 3 is 2.91 bits per heavy atom. The third-order valence-corrected chi connectivity index (χ3v) is 5.29. The van der Waals surface area contributed by atoms with Gasteiger partial charge < -0.3 is 31.5 Å². The van der Waals surface area contributed by atoms with Crippen molar-refractivity contribution in [1.29, 1.82) is 0 Å². The molecule has 9 heteroatoms. The molecule has 5 rings (SSSR count). The number of aliphatic hydroxyl groups is 1. The van der Waals surface area contributed by atoms with Crippen LogP contribution in [0.25, 0.3) is 6.08 Å². The normalized spacial score (nSPS) is 16.2. The van der Waals surface area contributed by atoms with Crippen LogP contribution in [0, 0.1) is 0 Å². The van der Waals surface area contributed by atoms with Gasteiger partial charge in [-0.2, -0.15) is 4.98 Å². The standard InChI is InChI=1S/C23H22N6O3/c24-21(31)18-11-26-23(28-16-6-7-20-19(9-16)25-10-17(30)12-32-20)29-22(18)27-15-5-4-13-2-1-3-14(13)8-15/h1,3-9,11,17,25,30H,2,10,12H2,(H2,24,31)(H2,26,27,28,29)/t17-/m0/s1. The maximum atomic E-state index is 11.9. The summed E-state index contributed by atoms with van der Waals surface area (Å²) < 4.78 is 5.59. The fraction of sp³-hybridized carbons (Fsp3) is 0.174. The van der Waals surface area contributed by atoms with E-state index >= 15 is 0 Å². The lowest BCUT2D eigenvalue weighted by Crippen LogP contribution is -2.23. The smallest absolute Gasteiger partial charge is 0.254 e. The molecule has 1 atom stereocenters. The van der Waals surface area contributed by atoms with Gasteiger partial charge in [0.05, 0.1) is 5.69 Å². The molecule has 0 fully saturated rings. The van der Waals surface area contributed by atoms with Gasteiger partial charge in [0.15, 0.2) is 0 Å². The first-order valence-corrected chi connectivity index (χ1v) is 10.2. The lowest BCUT2D eigenvalue weighted by atomic mass is 10.1. The highest BCUT2D eigenvalue weighted by Crippen LogP contribution is 2.31. The molecule has 6 N–H and O–H groups in total. The number of anilines is 5. The number of amides is 1. The van der Waals surface area contributed by atoms with E-state index in [1.165, 1.54) is 11.8 Å². The summed E-state index contributed by atoms with van der Waals surface area (Å²) in [6.45, 7) is 0.627. The van der Waals surface area contributed by atoms with Gasteiger partial charge >= 0.3 is 0 Å². The molecule has 1 aliphatic heterocycles. The van der Waals surface area contributed by atoms with E-state index in [2.05, 4.69) is 38.1 Å². The third-order valence-electron chi connectivity index (χ3n) is 5.29. The van der Waals surface area contributed by atoms with Crippen LogP contribution in [0.4, 0.5) is 28.8 Å². The van der Waals surface area contributed by atoms with Crippen LogP contribution in [-0.4, -0.2) is 40.2 Å². The Kier molecular flexibility index (Phi) is 5.08. The Labute approximate surface area is 184 Å². The summed E-state index contributed by atoms with van der Waals surface area (Å²) in [6.07, 6.45) is 5.92. The van der Waals surface area contributed by atoms with Crippen molar-refractivity contribution in [2.24, 2.45) is 5.73 Å². The molecule has 2 aliphatic rings. The Bertz CT molecular complexity index is 1230. The van der Waals surface area contributed by atoms with Crippen molar-refractivity contribution in [2.45, 2.75) is 12.5 Å². The van der Waals surface area contributed by atoms with Crippen molar-refractivity contribution >= 4 is 40.8 Å². The van der Waals surface area contributed by atoms with Crippen LogP contribution in [0.2, 0.25) is 0 Å². The van der Waals surface area contributed by atoms with Gasteiger partial charge in [-0.25, -0.2) is 4.98 Å². The number of rotatable bonds is 5. The molecular weight excluding hydrogens is 408 g/mol. The third kappa shape index (κ3) is 4.06. The van der Waals surface area contributed by atoms with Crippen LogP contribution in [-0.2, 0) is 6.42 Å². The average molecular weight is 430 g/mol. The quantitative estimate of drug-likeness (QED) is 0.417. The minimum absolute atomic E-state index is 0.192. The molecule has 0 spiro atoms. The highest BCUT2D eigenvalue weighted by molar-refractivity contribution is 5.98. The molecule has 0 radical (unpaired) electrons. The molecular formula is C23H22N6O3. The van der Waals surface area contributed by atoms with Crippen LogP contribution in [0.1, 0.15) is 21.5 Å². The van der Waals surface area contributed by atoms with Crippen molar-refractivity contribution in [1.82, 2.24) is 9.97 Å². The summed E-state index contributed by atoms with van der Waals surface area (Å²) in [5.74, 6) is 0.652. The Balaban J connectivity index is 1.41. The SMILES string of the molecule is NC(=O)c1cnc(Nc2ccc3c(c2)NC[C@H](O)CO3)nc1Nc1ccc2c(c1)C=CC2. The number of aliphatic hydroxyl groups excluding tert-OH is 1. The van der Waals surface area contributed by atoms with E-state index in [1.807, 2.05) is 30.3 Å². The molecule has 32 heavy (non-hydrogen) atoms. The number of nitrogens with two attached hydrogens (primary N) is 1. The highest BCUT2D eigenvalue weighted by atomic mass is 16.5. The average Bonchev–Trinajstić information content (AvgIpc) is 3.16. The van der Waals surface area contributed by atoms with Crippen LogP contribution >= 0.6 is 0 Å². The zero-order valence-corrected chi connectivity index (χ0v) is 17.1. The summed E-state index contributed by atoms with van der Waals surface area (Å²) in [7, 11) is 0. The van der Waals surface area contributed by atoms with E-state index < -0.39 is 12.0 Å². The molecule has 3 aromatic rings. The Hall–Kier alpha value is -4.11. The summed E-state index contributed by atoms with van der Waals surface area (Å²) in [5, 5.41) is 19.2. The number of β-amino-alcohol motifs (C(OH)–C–C–N with tert-alkyl or cyclic N) is 1. The Morgan fingerprint density at radius 2 is 2.03 bits per heavy atom. The maximum absolute atomic E-state index is 11.9. The minimum Gasteiger partial charge on any atom is -0.489 e. The molecule has 1 amide bonds. The van der Waals surface area contributed by atoms with Crippen LogP contribution in [0.15, 0.2) is 48.7 Å². The monoisotopic (exact) mass is 430 g/mol. The van der Waals surface area contributed by atoms with E-state index in [0.717, 1.165) is 29.0 Å². The number of allylic oxidation sites excluding steroid dienone is 1. The second-order valence-electron chi connectivity index (χ2n) is 7.65. The number of nitrogens with one attached hydrogen (secondary N) is 3. The van der Waals surface area contributed by atoms with Crippen molar-refractivity contribution in [2.75, 3.05) is 29.1 Å². The molecule has 0 unspecified atom stereocenters. The number of carbonyl (C=O) groups excluding carboxylic acids is 1. The van der Waals surface area contributed by atoms with Crippen molar-refractivity contribution in [3.8, 4) is 5.75 Å². The predicted octanol–water partition coefficient (Wildman–Crippen LogP) is 2.80. The van der Waals surface area contributed by atoms with Crippen molar-refractivity contribution < 1.29 is 14.6 Å². The van der Waals surface area contributed by atoms with Gasteiger partial charge in [0, 0.05) is 24.1 Å². The zero-order chi connectivity index (χ0) is 22.1. The number of hydrogen-bond acceptors (Lipinski definition) is 8. The van der Waals surface area contributed by atoms with Gasteiger partial charge in [-0.15, -0.1) is 0 Å².